The van der Waals surface area contributed by atoms with Crippen LogP contribution >= 0.6 is 0 Å². The van der Waals surface area contributed by atoms with Crippen molar-refractivity contribution in [3.8, 4) is 0 Å². The number of ether oxygens (including phenoxy) is 1. The fourth-order valence-corrected chi connectivity index (χ4v) is 3.53. The maximum atomic E-state index is 13.1. The zero-order valence-corrected chi connectivity index (χ0v) is 15.0. The lowest BCUT2D eigenvalue weighted by molar-refractivity contribution is -0.00302. The summed E-state index contributed by atoms with van der Waals surface area (Å²) in [5.41, 5.74) is 1.38. The zero-order valence-electron chi connectivity index (χ0n) is 15.0. The standard InChI is InChI=1S/C20H23FN2O3/c1-22-12-15(5-8-19(22)24)20(25)23-10-9-18(26-2)16(13-23)11-14-3-6-17(21)7-4-14/h3-8,12,16,18H,9-11,13H2,1-2H3/t16-,18+/m1/s1. The van der Waals surface area contributed by atoms with Crippen LogP contribution in [0.25, 0.3) is 0 Å². The molecule has 0 aliphatic carbocycles. The topological polar surface area (TPSA) is 51.5 Å². The molecule has 1 aromatic carbocycles. The lowest BCUT2D eigenvalue weighted by Crippen LogP contribution is -2.47. The van der Waals surface area contributed by atoms with Gasteiger partial charge in [-0.2, -0.15) is 0 Å². The summed E-state index contributed by atoms with van der Waals surface area (Å²) < 4.78 is 20.1. The van der Waals surface area contributed by atoms with E-state index in [9.17, 15) is 14.0 Å². The summed E-state index contributed by atoms with van der Waals surface area (Å²) in [6, 6.07) is 9.43. The summed E-state index contributed by atoms with van der Waals surface area (Å²) in [6.45, 7) is 1.18. The van der Waals surface area contributed by atoms with Crippen LogP contribution in [0.1, 0.15) is 22.3 Å². The van der Waals surface area contributed by atoms with E-state index >= 15 is 0 Å². The van der Waals surface area contributed by atoms with Crippen LogP contribution in [0.3, 0.4) is 0 Å². The van der Waals surface area contributed by atoms with Crippen molar-refractivity contribution in [2.75, 3.05) is 20.2 Å². The number of nitrogens with zero attached hydrogens (tertiary/aromatic N) is 2. The highest BCUT2D eigenvalue weighted by Crippen LogP contribution is 2.25. The predicted octanol–water partition coefficient (Wildman–Crippen LogP) is 2.24. The number of amides is 1. The Balaban J connectivity index is 1.75. The lowest BCUT2D eigenvalue weighted by atomic mass is 9.88. The van der Waals surface area contributed by atoms with Gasteiger partial charge in [0, 0.05) is 45.4 Å². The molecule has 0 radical (unpaired) electrons. The van der Waals surface area contributed by atoms with Gasteiger partial charge in [-0.1, -0.05) is 12.1 Å². The number of carbonyl (C=O) groups is 1. The number of benzene rings is 1. The van der Waals surface area contributed by atoms with Crippen molar-refractivity contribution < 1.29 is 13.9 Å². The molecule has 5 nitrogen and oxygen atoms in total. The van der Waals surface area contributed by atoms with E-state index < -0.39 is 0 Å². The first kappa shape index (κ1) is 18.3. The fraction of sp³-hybridized carbons (Fsp3) is 0.400. The number of pyridine rings is 1. The van der Waals surface area contributed by atoms with E-state index in [-0.39, 0.29) is 29.3 Å². The summed E-state index contributed by atoms with van der Waals surface area (Å²) in [7, 11) is 3.32. The molecule has 1 aliphatic rings. The Kier molecular flexibility index (Phi) is 5.52. The Morgan fingerprint density at radius 3 is 2.62 bits per heavy atom. The number of hydrogen-bond donors (Lipinski definition) is 0. The first-order valence-electron chi connectivity index (χ1n) is 8.71. The molecule has 138 valence electrons. The van der Waals surface area contributed by atoms with Gasteiger partial charge in [0.15, 0.2) is 0 Å². The van der Waals surface area contributed by atoms with Gasteiger partial charge >= 0.3 is 0 Å². The highest BCUT2D eigenvalue weighted by atomic mass is 19.1. The van der Waals surface area contributed by atoms with Crippen molar-refractivity contribution in [2.45, 2.75) is 18.9 Å². The smallest absolute Gasteiger partial charge is 0.255 e. The zero-order chi connectivity index (χ0) is 18.7. The summed E-state index contributed by atoms with van der Waals surface area (Å²) in [5, 5.41) is 0. The molecule has 1 saturated heterocycles. The van der Waals surface area contributed by atoms with E-state index in [0.717, 1.165) is 18.4 Å². The molecular weight excluding hydrogens is 335 g/mol. The molecule has 1 fully saturated rings. The summed E-state index contributed by atoms with van der Waals surface area (Å²) in [5.74, 6) is -0.206. The normalized spacial score (nSPS) is 20.2. The molecule has 1 aliphatic heterocycles. The van der Waals surface area contributed by atoms with Crippen LogP contribution in [0, 0.1) is 11.7 Å². The van der Waals surface area contributed by atoms with Crippen molar-refractivity contribution in [3.63, 3.8) is 0 Å². The number of halogens is 1. The number of rotatable bonds is 4. The third-order valence-corrected chi connectivity index (χ3v) is 5.00. The van der Waals surface area contributed by atoms with Gasteiger partial charge in [-0.25, -0.2) is 4.39 Å². The first-order chi connectivity index (χ1) is 12.5. The molecule has 1 aromatic heterocycles. The number of hydrogen-bond acceptors (Lipinski definition) is 3. The minimum Gasteiger partial charge on any atom is -0.381 e. The minimum atomic E-state index is -0.257. The molecule has 26 heavy (non-hydrogen) atoms. The van der Waals surface area contributed by atoms with Gasteiger partial charge in [0.2, 0.25) is 5.56 Å². The Hall–Kier alpha value is -2.47. The highest BCUT2D eigenvalue weighted by molar-refractivity contribution is 5.94. The molecule has 0 unspecified atom stereocenters. The second kappa shape index (κ2) is 7.83. The largest absolute Gasteiger partial charge is 0.381 e. The highest BCUT2D eigenvalue weighted by Gasteiger charge is 2.32. The number of piperidine rings is 1. The van der Waals surface area contributed by atoms with Crippen LogP contribution in [-0.4, -0.2) is 41.7 Å². The molecular formula is C20H23FN2O3. The van der Waals surface area contributed by atoms with Gasteiger partial charge in [0.1, 0.15) is 5.82 Å². The van der Waals surface area contributed by atoms with Crippen LogP contribution in [-0.2, 0) is 18.2 Å². The van der Waals surface area contributed by atoms with E-state index in [1.54, 1.807) is 38.6 Å². The van der Waals surface area contributed by atoms with Gasteiger partial charge in [-0.15, -0.1) is 0 Å². The van der Waals surface area contributed by atoms with Crippen molar-refractivity contribution >= 4 is 5.91 Å². The van der Waals surface area contributed by atoms with Crippen molar-refractivity contribution in [2.24, 2.45) is 13.0 Å². The van der Waals surface area contributed by atoms with E-state index in [1.807, 2.05) is 4.90 Å². The molecule has 1 amide bonds. The summed E-state index contributed by atoms with van der Waals surface area (Å²) >= 11 is 0. The van der Waals surface area contributed by atoms with Gasteiger partial charge in [-0.05, 0) is 36.6 Å². The van der Waals surface area contributed by atoms with Gasteiger partial charge in [-0.3, -0.25) is 9.59 Å². The number of methoxy groups -OCH3 is 1. The average molecular weight is 358 g/mol. The molecule has 2 aromatic rings. The second-order valence-electron chi connectivity index (χ2n) is 6.77. The van der Waals surface area contributed by atoms with Crippen LogP contribution in [0.5, 0.6) is 0 Å². The molecule has 0 bridgehead atoms. The van der Waals surface area contributed by atoms with Crippen molar-refractivity contribution in [1.29, 1.82) is 0 Å². The van der Waals surface area contributed by atoms with E-state index in [4.69, 9.17) is 4.74 Å². The Bertz CT molecular complexity index is 832. The average Bonchev–Trinajstić information content (AvgIpc) is 2.65. The van der Waals surface area contributed by atoms with Gasteiger partial charge in [0.25, 0.3) is 5.91 Å². The quantitative estimate of drug-likeness (QED) is 0.842. The summed E-state index contributed by atoms with van der Waals surface area (Å²) in [6.07, 6.45) is 3.10. The first-order valence-corrected chi connectivity index (χ1v) is 8.71. The Morgan fingerprint density at radius 1 is 1.23 bits per heavy atom. The van der Waals surface area contributed by atoms with E-state index in [2.05, 4.69) is 0 Å². The maximum Gasteiger partial charge on any atom is 0.255 e. The maximum absolute atomic E-state index is 13.1. The fourth-order valence-electron chi connectivity index (χ4n) is 3.53. The van der Waals surface area contributed by atoms with Crippen LogP contribution < -0.4 is 5.56 Å². The Labute approximate surface area is 152 Å². The second-order valence-corrected chi connectivity index (χ2v) is 6.77. The number of aromatic nitrogens is 1. The van der Waals surface area contributed by atoms with E-state index in [1.165, 1.54) is 22.8 Å². The molecule has 6 heteroatoms. The molecule has 3 rings (SSSR count). The number of carbonyl (C=O) groups excluding carboxylic acids is 1. The van der Waals surface area contributed by atoms with Crippen molar-refractivity contribution in [1.82, 2.24) is 9.47 Å². The van der Waals surface area contributed by atoms with Gasteiger partial charge < -0.3 is 14.2 Å². The third-order valence-electron chi connectivity index (χ3n) is 5.00. The number of aryl methyl sites for hydroxylation is 1. The van der Waals surface area contributed by atoms with Crippen LogP contribution in [0.15, 0.2) is 47.4 Å². The lowest BCUT2D eigenvalue weighted by Gasteiger charge is -2.38. The summed E-state index contributed by atoms with van der Waals surface area (Å²) in [4.78, 5) is 26.2. The van der Waals surface area contributed by atoms with E-state index in [0.29, 0.717) is 18.7 Å². The van der Waals surface area contributed by atoms with Gasteiger partial charge in [0.05, 0.1) is 11.7 Å². The predicted molar refractivity (Wildman–Crippen MR) is 96.6 cm³/mol. The number of likely N-dealkylation sites (tertiary alicyclic amines) is 1. The molecule has 0 spiro atoms. The third kappa shape index (κ3) is 4.02. The molecule has 2 atom stereocenters. The SMILES string of the molecule is CO[C@H]1CCN(C(=O)c2ccc(=O)n(C)c2)C[C@H]1Cc1ccc(F)cc1. The monoisotopic (exact) mass is 358 g/mol. The Morgan fingerprint density at radius 2 is 1.96 bits per heavy atom. The molecule has 0 saturated carbocycles. The van der Waals surface area contributed by atoms with Crippen LogP contribution in [0.4, 0.5) is 4.39 Å². The molecule has 0 N–H and O–H groups in total. The molecule has 2 heterocycles. The van der Waals surface area contributed by atoms with Crippen molar-refractivity contribution in [3.05, 3.63) is 69.9 Å². The van der Waals surface area contributed by atoms with Crippen LogP contribution in [0.2, 0.25) is 0 Å². The minimum absolute atomic E-state index is 0.0595.